The predicted octanol–water partition coefficient (Wildman–Crippen LogP) is 3.18. The fourth-order valence-electron chi connectivity index (χ4n) is 4.67. The molecule has 2 aromatic carbocycles. The molecule has 1 saturated heterocycles. The van der Waals surface area contributed by atoms with Crippen molar-refractivity contribution < 1.29 is 31.5 Å². The van der Waals surface area contributed by atoms with Gasteiger partial charge in [-0.1, -0.05) is 24.3 Å². The van der Waals surface area contributed by atoms with E-state index in [4.69, 9.17) is 0 Å². The largest absolute Gasteiger partial charge is 0.417 e. The van der Waals surface area contributed by atoms with Crippen molar-refractivity contribution in [3.63, 3.8) is 0 Å². The Bertz CT molecular complexity index is 1440. The molecule has 5 rings (SSSR count). The highest BCUT2D eigenvalue weighted by atomic mass is 32.2. The predicted molar refractivity (Wildman–Crippen MR) is 133 cm³/mol. The van der Waals surface area contributed by atoms with Crippen LogP contribution in [0.2, 0.25) is 0 Å². The molecule has 0 aliphatic carbocycles. The molecule has 12 heteroatoms. The van der Waals surface area contributed by atoms with Gasteiger partial charge in [0.15, 0.2) is 0 Å². The zero-order chi connectivity index (χ0) is 27.1. The number of aliphatic hydroxyl groups is 1. The molecule has 0 bridgehead atoms. The van der Waals surface area contributed by atoms with E-state index in [2.05, 4.69) is 15.6 Å². The van der Waals surface area contributed by atoms with Gasteiger partial charge < -0.3 is 15.7 Å². The Morgan fingerprint density at radius 1 is 1.03 bits per heavy atom. The number of sulfonamides is 1. The maximum atomic E-state index is 13.2. The van der Waals surface area contributed by atoms with Crippen LogP contribution in [0.1, 0.15) is 23.1 Å². The molecule has 3 aromatic rings. The molecule has 0 saturated carbocycles. The van der Waals surface area contributed by atoms with Gasteiger partial charge in [-0.05, 0) is 59.0 Å². The lowest BCUT2D eigenvalue weighted by atomic mass is 9.95. The van der Waals surface area contributed by atoms with E-state index in [9.17, 15) is 31.5 Å². The third kappa shape index (κ3) is 5.38. The molecular weight excluding hydrogens is 521 g/mol. The zero-order valence-corrected chi connectivity index (χ0v) is 20.9. The van der Waals surface area contributed by atoms with Gasteiger partial charge in [-0.25, -0.2) is 13.4 Å². The number of halogens is 3. The van der Waals surface area contributed by atoms with Crippen molar-refractivity contribution in [2.45, 2.75) is 42.6 Å². The van der Waals surface area contributed by atoms with Gasteiger partial charge in [0.05, 0.1) is 29.0 Å². The smallest absolute Gasteiger partial charge is 0.390 e. The monoisotopic (exact) mass is 546 g/mol. The minimum Gasteiger partial charge on any atom is -0.390 e. The summed E-state index contributed by atoms with van der Waals surface area (Å²) in [4.78, 5) is 15.4. The van der Waals surface area contributed by atoms with Crippen LogP contribution in [-0.2, 0) is 34.0 Å². The number of nitrogens with zero attached hydrogens (tertiary/aromatic N) is 2. The highest BCUT2D eigenvalue weighted by Gasteiger charge is 2.35. The number of β-amino-alcohol motifs (C(OH)–C–C–N with tert-alkyl or cyclic N) is 1. The molecule has 2 atom stereocenters. The zero-order valence-electron chi connectivity index (χ0n) is 20.1. The molecule has 3 N–H and O–H groups in total. The maximum Gasteiger partial charge on any atom is 0.417 e. The Kier molecular flexibility index (Phi) is 6.88. The van der Waals surface area contributed by atoms with E-state index in [0.29, 0.717) is 19.2 Å². The summed E-state index contributed by atoms with van der Waals surface area (Å²) in [5.74, 6) is 0.152. The number of anilines is 1. The van der Waals surface area contributed by atoms with E-state index in [-0.39, 0.29) is 36.1 Å². The first-order valence-corrected chi connectivity index (χ1v) is 13.4. The lowest BCUT2D eigenvalue weighted by Gasteiger charge is -2.35. The third-order valence-electron chi connectivity index (χ3n) is 6.83. The number of fused-ring (bicyclic) bond motifs is 1. The number of rotatable bonds is 5. The number of hydrogen-bond donors (Lipinski definition) is 3. The van der Waals surface area contributed by atoms with E-state index >= 15 is 0 Å². The van der Waals surface area contributed by atoms with Gasteiger partial charge in [0.2, 0.25) is 15.9 Å². The van der Waals surface area contributed by atoms with Crippen molar-refractivity contribution in [3.8, 4) is 11.1 Å². The van der Waals surface area contributed by atoms with Crippen LogP contribution in [0.15, 0.2) is 65.7 Å². The second-order valence-corrected chi connectivity index (χ2v) is 11.3. The molecule has 3 heterocycles. The summed E-state index contributed by atoms with van der Waals surface area (Å²) in [6.07, 6.45) is -4.29. The molecule has 200 valence electrons. The fourth-order valence-corrected chi connectivity index (χ4v) is 6.14. The Morgan fingerprint density at radius 3 is 2.42 bits per heavy atom. The molecule has 1 fully saturated rings. The van der Waals surface area contributed by atoms with Crippen LogP contribution >= 0.6 is 0 Å². The number of aromatic nitrogens is 1. The molecular formula is C26H25F3N4O4S. The first-order valence-electron chi connectivity index (χ1n) is 12.0. The number of hydrogen-bond acceptors (Lipinski definition) is 6. The normalized spacial score (nSPS) is 20.5. The number of piperidine rings is 1. The van der Waals surface area contributed by atoms with Gasteiger partial charge in [0.25, 0.3) is 0 Å². The van der Waals surface area contributed by atoms with Crippen molar-refractivity contribution in [2.24, 2.45) is 0 Å². The summed E-state index contributed by atoms with van der Waals surface area (Å²) in [5, 5.41) is 16.3. The van der Waals surface area contributed by atoms with Crippen LogP contribution in [0, 0.1) is 0 Å². The van der Waals surface area contributed by atoms with E-state index in [1.807, 2.05) is 18.2 Å². The summed E-state index contributed by atoms with van der Waals surface area (Å²) < 4.78 is 65.9. The highest BCUT2D eigenvalue weighted by molar-refractivity contribution is 7.89. The number of amides is 1. The van der Waals surface area contributed by atoms with Gasteiger partial charge in [-0.3, -0.25) is 4.79 Å². The second kappa shape index (κ2) is 10.0. The Hall–Kier alpha value is -3.48. The topological polar surface area (TPSA) is 112 Å². The molecule has 0 radical (unpaired) electrons. The minimum absolute atomic E-state index is 0.0130. The van der Waals surface area contributed by atoms with Gasteiger partial charge in [-0.2, -0.15) is 17.5 Å². The van der Waals surface area contributed by atoms with Gasteiger partial charge in [0.1, 0.15) is 5.82 Å². The summed E-state index contributed by atoms with van der Waals surface area (Å²) in [5.41, 5.74) is 2.85. The average Bonchev–Trinajstić information content (AvgIpc) is 2.89. The molecule has 1 amide bonds. The Balaban J connectivity index is 1.24. The van der Waals surface area contributed by atoms with Crippen LogP contribution < -0.4 is 10.6 Å². The van der Waals surface area contributed by atoms with Crippen molar-refractivity contribution >= 4 is 21.7 Å². The molecule has 0 unspecified atom stereocenters. The summed E-state index contributed by atoms with van der Waals surface area (Å²) >= 11 is 0. The number of carbonyl (C=O) groups is 1. The van der Waals surface area contributed by atoms with Gasteiger partial charge in [-0.15, -0.1) is 0 Å². The van der Waals surface area contributed by atoms with Crippen LogP contribution in [-0.4, -0.2) is 54.0 Å². The Labute approximate surface area is 217 Å². The van der Waals surface area contributed by atoms with Gasteiger partial charge >= 0.3 is 6.18 Å². The molecule has 8 nitrogen and oxygen atoms in total. The van der Waals surface area contributed by atoms with Crippen LogP contribution in [0.4, 0.5) is 19.0 Å². The van der Waals surface area contributed by atoms with Crippen molar-refractivity contribution in [1.82, 2.24) is 14.6 Å². The number of benzene rings is 2. The number of carbonyl (C=O) groups excluding carboxylic acids is 1. The van der Waals surface area contributed by atoms with Gasteiger partial charge in [0, 0.05) is 25.8 Å². The Morgan fingerprint density at radius 2 is 1.76 bits per heavy atom. The summed E-state index contributed by atoms with van der Waals surface area (Å²) in [6.45, 7) is 0.408. The summed E-state index contributed by atoms with van der Waals surface area (Å²) in [6, 6.07) is 13.8. The lowest BCUT2D eigenvalue weighted by molar-refractivity contribution is -0.137. The van der Waals surface area contributed by atoms with Crippen molar-refractivity contribution in [2.75, 3.05) is 18.4 Å². The van der Waals surface area contributed by atoms with E-state index in [1.54, 1.807) is 12.1 Å². The number of nitrogens with one attached hydrogen (secondary N) is 2. The van der Waals surface area contributed by atoms with E-state index < -0.39 is 33.9 Å². The van der Waals surface area contributed by atoms with Crippen LogP contribution in [0.3, 0.4) is 0 Å². The first-order chi connectivity index (χ1) is 18.0. The second-order valence-electron chi connectivity index (χ2n) is 9.36. The standard InChI is InChI=1S/C26H25F3N4O4S/c27-26(28,29)20-5-8-24(30-14-20)32-22-9-10-33(15-23(22)34)38(36,37)21-6-3-16(4-7-21)17-1-2-18-12-25(35)31-13-19(18)11-17/h1-8,11,14,22-23,34H,9-10,12-13,15H2,(H,30,32)(H,31,35)/t22-,23+/m1/s1. The highest BCUT2D eigenvalue weighted by Crippen LogP contribution is 2.30. The van der Waals surface area contributed by atoms with E-state index in [1.165, 1.54) is 22.5 Å². The summed E-state index contributed by atoms with van der Waals surface area (Å²) in [7, 11) is -3.88. The first kappa shape index (κ1) is 26.1. The number of pyridine rings is 1. The SMILES string of the molecule is O=C1Cc2ccc(-c3ccc(S(=O)(=O)N4CC[C@@H](Nc5ccc(C(F)(F)F)cn5)[C@@H](O)C4)cc3)cc2CN1. The third-order valence-corrected chi connectivity index (χ3v) is 8.71. The van der Waals surface area contributed by atoms with Crippen LogP contribution in [0.25, 0.3) is 11.1 Å². The lowest BCUT2D eigenvalue weighted by Crippen LogP contribution is -2.51. The molecule has 2 aliphatic rings. The maximum absolute atomic E-state index is 13.2. The average molecular weight is 547 g/mol. The number of aliphatic hydroxyl groups excluding tert-OH is 1. The fraction of sp³-hybridized carbons (Fsp3) is 0.308. The van der Waals surface area contributed by atoms with Crippen molar-refractivity contribution in [1.29, 1.82) is 0 Å². The molecule has 1 aromatic heterocycles. The van der Waals surface area contributed by atoms with E-state index in [0.717, 1.165) is 28.3 Å². The van der Waals surface area contributed by atoms with Crippen LogP contribution in [0.5, 0.6) is 0 Å². The number of alkyl halides is 3. The molecule has 38 heavy (non-hydrogen) atoms. The quantitative estimate of drug-likeness (QED) is 0.454. The molecule has 0 spiro atoms. The van der Waals surface area contributed by atoms with Crippen molar-refractivity contribution in [3.05, 3.63) is 77.5 Å². The minimum atomic E-state index is -4.50. The molecule has 2 aliphatic heterocycles.